The van der Waals surface area contributed by atoms with E-state index in [1.807, 2.05) is 18.2 Å². The first-order valence-corrected chi connectivity index (χ1v) is 7.97. The molecule has 1 amide bonds. The topological polar surface area (TPSA) is 52.9 Å². The zero-order valence-corrected chi connectivity index (χ0v) is 13.9. The van der Waals surface area contributed by atoms with Crippen LogP contribution < -0.4 is 5.32 Å². The quantitative estimate of drug-likeness (QED) is 0.498. The Balaban J connectivity index is 1.96. The monoisotopic (exact) mass is 366 g/mol. The van der Waals surface area contributed by atoms with E-state index in [-0.39, 0.29) is 5.56 Å². The second kappa shape index (κ2) is 7.34. The number of anilines is 1. The maximum atomic E-state index is 13.1. The van der Waals surface area contributed by atoms with E-state index in [1.54, 1.807) is 30.3 Å². The molecule has 0 heterocycles. The van der Waals surface area contributed by atoms with Gasteiger partial charge in [0.15, 0.2) is 0 Å². The number of fused-ring (bicyclic) bond motifs is 1. The molecule has 0 aliphatic carbocycles. The summed E-state index contributed by atoms with van der Waals surface area (Å²) in [6.07, 6.45) is -3.64. The molecule has 6 heteroatoms. The van der Waals surface area contributed by atoms with Gasteiger partial charge in [-0.15, -0.1) is 0 Å². The molecule has 0 saturated carbocycles. The van der Waals surface area contributed by atoms with Crippen LogP contribution in [-0.4, -0.2) is 5.91 Å². The van der Waals surface area contributed by atoms with Crippen LogP contribution in [0.4, 0.5) is 18.9 Å². The van der Waals surface area contributed by atoms with Crippen LogP contribution in [0, 0.1) is 11.3 Å². The summed E-state index contributed by atoms with van der Waals surface area (Å²) < 4.78 is 39.3. The predicted molar refractivity (Wildman–Crippen MR) is 97.6 cm³/mol. The fourth-order valence-corrected chi connectivity index (χ4v) is 2.71. The normalized spacial score (nSPS) is 11.9. The number of hydrogen-bond donors (Lipinski definition) is 1. The van der Waals surface area contributed by atoms with Crippen molar-refractivity contribution in [1.29, 1.82) is 5.26 Å². The number of halogens is 3. The van der Waals surface area contributed by atoms with Crippen LogP contribution in [0.2, 0.25) is 0 Å². The number of benzene rings is 3. The fraction of sp³-hybridized carbons (Fsp3) is 0.0476. The van der Waals surface area contributed by atoms with Crippen molar-refractivity contribution in [2.45, 2.75) is 6.18 Å². The summed E-state index contributed by atoms with van der Waals surface area (Å²) in [7, 11) is 0. The molecule has 0 spiro atoms. The molecule has 1 N–H and O–H groups in total. The minimum Gasteiger partial charge on any atom is -0.321 e. The lowest BCUT2D eigenvalue weighted by atomic mass is 10.0. The number of nitriles is 1. The van der Waals surface area contributed by atoms with E-state index in [1.165, 1.54) is 18.2 Å². The van der Waals surface area contributed by atoms with E-state index in [4.69, 9.17) is 0 Å². The SMILES string of the molecule is N#C/C(=C\c1ccccc1C(F)(F)F)C(=O)Nc1cccc2ccccc12. The summed E-state index contributed by atoms with van der Waals surface area (Å²) in [4.78, 5) is 12.5. The van der Waals surface area contributed by atoms with E-state index < -0.39 is 23.2 Å². The van der Waals surface area contributed by atoms with Crippen molar-refractivity contribution in [3.05, 3.63) is 83.4 Å². The minimum atomic E-state index is -4.58. The first-order valence-electron chi connectivity index (χ1n) is 7.97. The zero-order valence-electron chi connectivity index (χ0n) is 13.9. The number of amides is 1. The molecule has 0 aliphatic rings. The lowest BCUT2D eigenvalue weighted by Crippen LogP contribution is -2.14. The third kappa shape index (κ3) is 3.98. The Hall–Kier alpha value is -3.59. The van der Waals surface area contributed by atoms with E-state index in [0.717, 1.165) is 22.9 Å². The molecule has 0 radical (unpaired) electrons. The molecule has 3 aromatic rings. The van der Waals surface area contributed by atoms with Gasteiger partial charge < -0.3 is 5.32 Å². The van der Waals surface area contributed by atoms with Crippen LogP contribution >= 0.6 is 0 Å². The molecule has 0 aromatic heterocycles. The number of carbonyl (C=O) groups excluding carboxylic acids is 1. The maximum Gasteiger partial charge on any atom is 0.416 e. The van der Waals surface area contributed by atoms with E-state index in [9.17, 15) is 23.2 Å². The van der Waals surface area contributed by atoms with Gasteiger partial charge in [-0.1, -0.05) is 54.6 Å². The van der Waals surface area contributed by atoms with Gasteiger partial charge in [0, 0.05) is 11.1 Å². The largest absolute Gasteiger partial charge is 0.416 e. The Morgan fingerprint density at radius 3 is 2.37 bits per heavy atom. The van der Waals surface area contributed by atoms with E-state index >= 15 is 0 Å². The number of carbonyl (C=O) groups is 1. The third-order valence-corrected chi connectivity index (χ3v) is 3.97. The standard InChI is InChI=1S/C21H13F3N2O/c22-21(23,24)18-10-4-2-7-15(18)12-16(13-25)20(27)26-19-11-5-8-14-6-1-3-9-17(14)19/h1-12H,(H,26,27)/b16-12+. The maximum absolute atomic E-state index is 13.1. The molecule has 0 unspecified atom stereocenters. The second-order valence-corrected chi connectivity index (χ2v) is 5.74. The summed E-state index contributed by atoms with van der Waals surface area (Å²) in [6.45, 7) is 0. The van der Waals surface area contributed by atoms with Gasteiger partial charge in [-0.2, -0.15) is 18.4 Å². The first-order chi connectivity index (χ1) is 12.9. The van der Waals surface area contributed by atoms with Crippen molar-refractivity contribution < 1.29 is 18.0 Å². The Labute approximate surface area is 153 Å². The molecule has 3 rings (SSSR count). The van der Waals surface area contributed by atoms with Crippen molar-refractivity contribution >= 4 is 28.4 Å². The average Bonchev–Trinajstić information content (AvgIpc) is 2.66. The summed E-state index contributed by atoms with van der Waals surface area (Å²) in [5, 5.41) is 13.5. The van der Waals surface area contributed by atoms with Crippen molar-refractivity contribution in [2.75, 3.05) is 5.32 Å². The predicted octanol–water partition coefficient (Wildman–Crippen LogP) is 5.40. The lowest BCUT2D eigenvalue weighted by molar-refractivity contribution is -0.137. The average molecular weight is 366 g/mol. The highest BCUT2D eigenvalue weighted by atomic mass is 19.4. The Bertz CT molecular complexity index is 1070. The first kappa shape index (κ1) is 18.2. The number of nitrogens with one attached hydrogen (secondary N) is 1. The number of hydrogen-bond acceptors (Lipinski definition) is 2. The Morgan fingerprint density at radius 1 is 0.963 bits per heavy atom. The molecular weight excluding hydrogens is 353 g/mol. The molecule has 0 fully saturated rings. The van der Waals surface area contributed by atoms with Crippen molar-refractivity contribution in [3.8, 4) is 6.07 Å². The molecule has 3 aromatic carbocycles. The molecule has 0 atom stereocenters. The summed E-state index contributed by atoms with van der Waals surface area (Å²) in [5.74, 6) is -0.772. The van der Waals surface area contributed by atoms with Gasteiger partial charge in [-0.3, -0.25) is 4.79 Å². The minimum absolute atomic E-state index is 0.241. The van der Waals surface area contributed by atoms with E-state index in [0.29, 0.717) is 5.69 Å². The molecule has 0 aliphatic heterocycles. The smallest absolute Gasteiger partial charge is 0.321 e. The zero-order chi connectivity index (χ0) is 19.4. The molecule has 3 nitrogen and oxygen atoms in total. The summed E-state index contributed by atoms with van der Waals surface area (Å²) in [6, 6.07) is 19.1. The number of nitrogens with zero attached hydrogens (tertiary/aromatic N) is 1. The molecule has 0 saturated heterocycles. The van der Waals surface area contributed by atoms with Gasteiger partial charge in [0.25, 0.3) is 5.91 Å². The number of alkyl halides is 3. The molecule has 0 bridgehead atoms. The fourth-order valence-electron chi connectivity index (χ4n) is 2.71. The van der Waals surface area contributed by atoms with E-state index in [2.05, 4.69) is 5.32 Å². The van der Waals surface area contributed by atoms with Crippen LogP contribution in [0.5, 0.6) is 0 Å². The number of rotatable bonds is 3. The highest BCUT2D eigenvalue weighted by molar-refractivity contribution is 6.13. The Kier molecular flexibility index (Phi) is 4.95. The van der Waals surface area contributed by atoms with Crippen LogP contribution in [0.1, 0.15) is 11.1 Å². The highest BCUT2D eigenvalue weighted by Crippen LogP contribution is 2.33. The van der Waals surface area contributed by atoms with Gasteiger partial charge >= 0.3 is 6.18 Å². The third-order valence-electron chi connectivity index (χ3n) is 3.97. The Morgan fingerprint density at radius 2 is 1.63 bits per heavy atom. The van der Waals surface area contributed by atoms with Crippen LogP contribution in [0.3, 0.4) is 0 Å². The second-order valence-electron chi connectivity index (χ2n) is 5.74. The molecular formula is C21H13F3N2O. The van der Waals surface area contributed by atoms with Gasteiger partial charge in [-0.05, 0) is 29.2 Å². The lowest BCUT2D eigenvalue weighted by Gasteiger charge is -2.11. The van der Waals surface area contributed by atoms with Gasteiger partial charge in [0.1, 0.15) is 11.6 Å². The van der Waals surface area contributed by atoms with Crippen LogP contribution in [-0.2, 0) is 11.0 Å². The molecule has 134 valence electrons. The van der Waals surface area contributed by atoms with Crippen LogP contribution in [0.25, 0.3) is 16.8 Å². The van der Waals surface area contributed by atoms with Gasteiger partial charge in [0.05, 0.1) is 5.56 Å². The molecule has 27 heavy (non-hydrogen) atoms. The van der Waals surface area contributed by atoms with Gasteiger partial charge in [-0.25, -0.2) is 0 Å². The van der Waals surface area contributed by atoms with Crippen molar-refractivity contribution in [2.24, 2.45) is 0 Å². The van der Waals surface area contributed by atoms with Gasteiger partial charge in [0.2, 0.25) is 0 Å². The highest BCUT2D eigenvalue weighted by Gasteiger charge is 2.32. The summed E-state index contributed by atoms with van der Waals surface area (Å²) >= 11 is 0. The van der Waals surface area contributed by atoms with Crippen molar-refractivity contribution in [1.82, 2.24) is 0 Å². The summed E-state index contributed by atoms with van der Waals surface area (Å²) in [5.41, 5.74) is -1.09. The van der Waals surface area contributed by atoms with Crippen LogP contribution in [0.15, 0.2) is 72.3 Å². The van der Waals surface area contributed by atoms with Crippen molar-refractivity contribution in [3.63, 3.8) is 0 Å².